The number of hydrogen-bond acceptors (Lipinski definition) is 4. The molecule has 4 heteroatoms. The summed E-state index contributed by atoms with van der Waals surface area (Å²) in [6.45, 7) is 2.14. The lowest BCUT2D eigenvalue weighted by atomic mass is 9.96. The number of aromatic nitrogens is 1. The van der Waals surface area contributed by atoms with Crippen molar-refractivity contribution in [2.75, 3.05) is 11.5 Å². The van der Waals surface area contributed by atoms with Crippen LogP contribution in [0.1, 0.15) is 35.1 Å². The van der Waals surface area contributed by atoms with E-state index in [0.29, 0.717) is 22.6 Å². The third-order valence-corrected chi connectivity index (χ3v) is 4.38. The van der Waals surface area contributed by atoms with Gasteiger partial charge in [0.25, 0.3) is 0 Å². The number of allylic oxidation sites excluding steroid dienone is 1. The number of rotatable bonds is 5. The number of nitrogens with zero attached hydrogens (tertiary/aromatic N) is 1. The summed E-state index contributed by atoms with van der Waals surface area (Å²) in [7, 11) is 0. The molecule has 0 amide bonds. The largest absolute Gasteiger partial charge is 0.398 e. The Morgan fingerprint density at radius 1 is 1.00 bits per heavy atom. The summed E-state index contributed by atoms with van der Waals surface area (Å²) in [6.07, 6.45) is 7.44. The topological polar surface area (TPSA) is 88.8 Å². The highest BCUT2D eigenvalue weighted by molar-refractivity contribution is 6.14. The monoisotopic (exact) mass is 342 g/mol. The van der Waals surface area contributed by atoms with Gasteiger partial charge in [0.1, 0.15) is 0 Å². The number of nitrogens with one attached hydrogen (secondary N) is 1. The normalized spacial score (nSPS) is 12.2. The summed E-state index contributed by atoms with van der Waals surface area (Å²) in [5.74, 6) is 0.260. The molecule has 130 valence electrons. The standard InChI is InChI=1S/C22H22N4/c1-15(16-5-3-2-4-6-16)7-8-18-13-19(21(24)14-20(18)23)22(25)17-9-11-26-12-10-17/h2-15,25H,23-24H2,1H3/b8-7+,25-22?. The van der Waals surface area contributed by atoms with Crippen LogP contribution in [0.4, 0.5) is 11.4 Å². The van der Waals surface area contributed by atoms with Gasteiger partial charge in [-0.3, -0.25) is 10.4 Å². The molecule has 0 saturated carbocycles. The van der Waals surface area contributed by atoms with Gasteiger partial charge in [-0.25, -0.2) is 0 Å². The molecule has 1 aromatic heterocycles. The van der Waals surface area contributed by atoms with E-state index in [-0.39, 0.29) is 5.92 Å². The van der Waals surface area contributed by atoms with Crippen LogP contribution in [0.5, 0.6) is 0 Å². The Labute approximate surface area is 153 Å². The Hall–Kier alpha value is -3.40. The van der Waals surface area contributed by atoms with Gasteiger partial charge in [0.05, 0.1) is 5.71 Å². The maximum absolute atomic E-state index is 8.46. The quantitative estimate of drug-likeness (QED) is 0.472. The minimum Gasteiger partial charge on any atom is -0.398 e. The molecule has 4 nitrogen and oxygen atoms in total. The highest BCUT2D eigenvalue weighted by Gasteiger charge is 2.11. The van der Waals surface area contributed by atoms with Crippen LogP contribution in [0.25, 0.3) is 6.08 Å². The second-order valence-corrected chi connectivity index (χ2v) is 6.24. The average molecular weight is 342 g/mol. The van der Waals surface area contributed by atoms with E-state index in [1.807, 2.05) is 30.3 Å². The maximum atomic E-state index is 8.46. The molecule has 0 aliphatic carbocycles. The third-order valence-electron chi connectivity index (χ3n) is 4.38. The van der Waals surface area contributed by atoms with Crippen LogP contribution in [-0.2, 0) is 0 Å². The van der Waals surface area contributed by atoms with E-state index < -0.39 is 0 Å². The summed E-state index contributed by atoms with van der Waals surface area (Å²) in [5.41, 5.74) is 17.2. The lowest BCUT2D eigenvalue weighted by molar-refractivity contribution is 0.973. The zero-order valence-corrected chi connectivity index (χ0v) is 14.7. The molecule has 5 N–H and O–H groups in total. The predicted molar refractivity (Wildman–Crippen MR) is 109 cm³/mol. The molecule has 0 aliphatic rings. The molecule has 26 heavy (non-hydrogen) atoms. The van der Waals surface area contributed by atoms with Crippen molar-refractivity contribution >= 4 is 23.2 Å². The average Bonchev–Trinajstić information content (AvgIpc) is 2.68. The van der Waals surface area contributed by atoms with Crippen LogP contribution < -0.4 is 11.5 Å². The second kappa shape index (κ2) is 7.66. The molecule has 0 saturated heterocycles. The van der Waals surface area contributed by atoms with Crippen molar-refractivity contribution < 1.29 is 0 Å². The Bertz CT molecular complexity index is 931. The molecule has 0 radical (unpaired) electrons. The molecular weight excluding hydrogens is 320 g/mol. The third kappa shape index (κ3) is 3.81. The number of nitrogen functional groups attached to an aromatic ring is 2. The molecule has 0 bridgehead atoms. The second-order valence-electron chi connectivity index (χ2n) is 6.24. The summed E-state index contributed by atoms with van der Waals surface area (Å²) in [6, 6.07) is 17.5. The molecule has 0 aliphatic heterocycles. The summed E-state index contributed by atoms with van der Waals surface area (Å²) in [4.78, 5) is 3.99. The molecule has 0 spiro atoms. The Balaban J connectivity index is 1.91. The van der Waals surface area contributed by atoms with Crippen LogP contribution in [0.2, 0.25) is 0 Å². The molecule has 1 heterocycles. The van der Waals surface area contributed by atoms with Gasteiger partial charge in [-0.1, -0.05) is 49.4 Å². The van der Waals surface area contributed by atoms with Crippen molar-refractivity contribution in [3.05, 3.63) is 95.3 Å². The maximum Gasteiger partial charge on any atom is 0.0706 e. The van der Waals surface area contributed by atoms with Crippen molar-refractivity contribution in [2.45, 2.75) is 12.8 Å². The van der Waals surface area contributed by atoms with E-state index in [0.717, 1.165) is 11.1 Å². The van der Waals surface area contributed by atoms with Gasteiger partial charge in [0, 0.05) is 34.9 Å². The summed E-state index contributed by atoms with van der Waals surface area (Å²) < 4.78 is 0. The molecule has 2 aromatic carbocycles. The highest BCUT2D eigenvalue weighted by Crippen LogP contribution is 2.26. The van der Waals surface area contributed by atoms with Gasteiger partial charge in [0.15, 0.2) is 0 Å². The van der Waals surface area contributed by atoms with Crippen LogP contribution in [0, 0.1) is 5.41 Å². The van der Waals surface area contributed by atoms with E-state index in [4.69, 9.17) is 16.9 Å². The molecule has 1 atom stereocenters. The van der Waals surface area contributed by atoms with Crippen LogP contribution in [-0.4, -0.2) is 10.7 Å². The Kier molecular flexibility index (Phi) is 5.13. The fraction of sp³-hybridized carbons (Fsp3) is 0.0909. The minimum absolute atomic E-state index is 0.260. The number of benzene rings is 2. The fourth-order valence-corrected chi connectivity index (χ4v) is 2.80. The first-order valence-electron chi connectivity index (χ1n) is 8.47. The van der Waals surface area contributed by atoms with Crippen molar-refractivity contribution in [3.8, 4) is 0 Å². The summed E-state index contributed by atoms with van der Waals surface area (Å²) >= 11 is 0. The van der Waals surface area contributed by atoms with Gasteiger partial charge in [-0.15, -0.1) is 0 Å². The zero-order chi connectivity index (χ0) is 18.5. The van der Waals surface area contributed by atoms with Gasteiger partial charge in [-0.2, -0.15) is 0 Å². The number of anilines is 2. The van der Waals surface area contributed by atoms with E-state index >= 15 is 0 Å². The molecule has 3 aromatic rings. The lowest BCUT2D eigenvalue weighted by Gasteiger charge is -2.12. The van der Waals surface area contributed by atoms with E-state index in [2.05, 4.69) is 30.1 Å². The highest BCUT2D eigenvalue weighted by atomic mass is 14.6. The van der Waals surface area contributed by atoms with Crippen LogP contribution >= 0.6 is 0 Å². The van der Waals surface area contributed by atoms with Gasteiger partial charge < -0.3 is 11.5 Å². The van der Waals surface area contributed by atoms with E-state index in [1.165, 1.54) is 5.56 Å². The van der Waals surface area contributed by atoms with E-state index in [1.54, 1.807) is 30.6 Å². The predicted octanol–water partition coefficient (Wildman–Crippen LogP) is 4.48. The first-order chi connectivity index (χ1) is 12.6. The van der Waals surface area contributed by atoms with Crippen molar-refractivity contribution in [3.63, 3.8) is 0 Å². The van der Waals surface area contributed by atoms with Gasteiger partial charge in [-0.05, 0) is 41.3 Å². The molecule has 1 unspecified atom stereocenters. The Morgan fingerprint density at radius 3 is 2.38 bits per heavy atom. The smallest absolute Gasteiger partial charge is 0.0706 e. The van der Waals surface area contributed by atoms with E-state index in [9.17, 15) is 0 Å². The number of nitrogens with two attached hydrogens (primary N) is 2. The molecule has 3 rings (SSSR count). The molecule has 0 fully saturated rings. The van der Waals surface area contributed by atoms with Crippen molar-refractivity contribution in [1.82, 2.24) is 4.98 Å². The van der Waals surface area contributed by atoms with Crippen LogP contribution in [0.15, 0.2) is 73.1 Å². The lowest BCUT2D eigenvalue weighted by Crippen LogP contribution is -2.07. The minimum atomic E-state index is 0.260. The summed E-state index contributed by atoms with van der Waals surface area (Å²) in [5, 5.41) is 8.46. The first-order valence-corrected chi connectivity index (χ1v) is 8.47. The van der Waals surface area contributed by atoms with Crippen molar-refractivity contribution in [1.29, 1.82) is 5.41 Å². The fourth-order valence-electron chi connectivity index (χ4n) is 2.80. The molecular formula is C22H22N4. The Morgan fingerprint density at radius 2 is 1.69 bits per heavy atom. The zero-order valence-electron chi connectivity index (χ0n) is 14.7. The van der Waals surface area contributed by atoms with Gasteiger partial charge in [0.2, 0.25) is 0 Å². The number of pyridine rings is 1. The number of hydrogen-bond donors (Lipinski definition) is 3. The SMILES string of the molecule is CC(/C=C/c1cc(C(=N)c2ccncc2)c(N)cc1N)c1ccccc1. The van der Waals surface area contributed by atoms with Gasteiger partial charge >= 0.3 is 0 Å². The first kappa shape index (κ1) is 17.4. The van der Waals surface area contributed by atoms with Crippen molar-refractivity contribution in [2.24, 2.45) is 0 Å². The van der Waals surface area contributed by atoms with Crippen LogP contribution in [0.3, 0.4) is 0 Å².